The van der Waals surface area contributed by atoms with Gasteiger partial charge in [0.15, 0.2) is 5.41 Å². The Kier molecular flexibility index (Phi) is 3.72. The molecular formula is C18H15BrN4O2S. The van der Waals surface area contributed by atoms with Crippen molar-refractivity contribution in [1.29, 1.82) is 21.2 Å². The van der Waals surface area contributed by atoms with Crippen molar-refractivity contribution in [2.75, 3.05) is 0 Å². The van der Waals surface area contributed by atoms with E-state index in [0.29, 0.717) is 23.6 Å². The van der Waals surface area contributed by atoms with Crippen LogP contribution in [0.3, 0.4) is 0 Å². The molecule has 1 N–H and O–H groups in total. The maximum Gasteiger partial charge on any atom is 0.217 e. The monoisotopic (exact) mass is 430 g/mol. The highest BCUT2D eigenvalue weighted by Gasteiger charge is 2.80. The lowest BCUT2D eigenvalue weighted by atomic mass is 9.51. The smallest absolute Gasteiger partial charge is 0.217 e. The second kappa shape index (κ2) is 5.54. The van der Waals surface area contributed by atoms with Crippen molar-refractivity contribution in [3.8, 4) is 18.2 Å². The second-order valence-corrected chi connectivity index (χ2v) is 9.76. The van der Waals surface area contributed by atoms with Crippen LogP contribution >= 0.6 is 27.3 Å². The van der Waals surface area contributed by atoms with Gasteiger partial charge in [-0.05, 0) is 46.8 Å². The molecule has 1 aromatic heterocycles. The summed E-state index contributed by atoms with van der Waals surface area (Å²) in [7, 11) is 0. The van der Waals surface area contributed by atoms with Crippen molar-refractivity contribution in [3.05, 3.63) is 20.8 Å². The fraction of sp³-hybridized carbons (Fsp3) is 0.556. The Bertz CT molecular complexity index is 911. The average Bonchev–Trinajstić information content (AvgIpc) is 3.13. The van der Waals surface area contributed by atoms with E-state index in [9.17, 15) is 15.8 Å². The molecule has 6 nitrogen and oxygen atoms in total. The summed E-state index contributed by atoms with van der Waals surface area (Å²) in [6.07, 6.45) is 1.03. The van der Waals surface area contributed by atoms with E-state index in [1.807, 2.05) is 6.07 Å². The van der Waals surface area contributed by atoms with E-state index in [-0.39, 0.29) is 5.90 Å². The quantitative estimate of drug-likeness (QED) is 0.714. The molecule has 0 amide bonds. The van der Waals surface area contributed by atoms with Crippen molar-refractivity contribution >= 4 is 33.2 Å². The first-order chi connectivity index (χ1) is 12.4. The minimum absolute atomic E-state index is 0.305. The van der Waals surface area contributed by atoms with E-state index in [0.717, 1.165) is 10.2 Å². The summed E-state index contributed by atoms with van der Waals surface area (Å²) < 4.78 is 13.0. The summed E-state index contributed by atoms with van der Waals surface area (Å²) in [6, 6.07) is 9.97. The minimum atomic E-state index is -1.84. The summed E-state index contributed by atoms with van der Waals surface area (Å²) in [6.45, 7) is 2.07. The SMILES string of the molecule is CC1CCC23OC(=N)C(C#N)(C2C1)C(C#N)(C#N)C(c1ccc(Br)s1)O3. The highest BCUT2D eigenvalue weighted by Crippen LogP contribution is 2.70. The standard InChI is InChI=1S/C18H15BrN4O2S/c1-10-4-5-18-12(6-10)17(9-22,15(23)25-18)16(7-20,8-21)14(24-18)11-2-3-13(19)26-11/h2-3,10,12,14,23H,4-6H2,1H3. The molecule has 1 aliphatic carbocycles. The normalized spacial score (nSPS) is 39.8. The van der Waals surface area contributed by atoms with Crippen LogP contribution in [-0.4, -0.2) is 11.7 Å². The first-order valence-electron chi connectivity index (χ1n) is 8.34. The molecule has 0 radical (unpaired) electrons. The number of hydrogen-bond acceptors (Lipinski definition) is 7. The Balaban J connectivity index is 2.00. The summed E-state index contributed by atoms with van der Waals surface area (Å²) in [5.41, 5.74) is -3.48. The van der Waals surface area contributed by atoms with Crippen LogP contribution in [-0.2, 0) is 9.47 Å². The summed E-state index contributed by atoms with van der Waals surface area (Å²) in [5, 5.41) is 38.9. The summed E-state index contributed by atoms with van der Waals surface area (Å²) >= 11 is 4.76. The molecule has 5 unspecified atom stereocenters. The predicted octanol–water partition coefficient (Wildman–Crippen LogP) is 4.27. The highest BCUT2D eigenvalue weighted by atomic mass is 79.9. The molecule has 4 rings (SSSR count). The van der Waals surface area contributed by atoms with Crippen molar-refractivity contribution in [2.45, 2.75) is 38.1 Å². The molecule has 3 heterocycles. The third kappa shape index (κ3) is 1.84. The second-order valence-electron chi connectivity index (χ2n) is 7.27. The lowest BCUT2D eigenvalue weighted by Crippen LogP contribution is -2.60. The van der Waals surface area contributed by atoms with Gasteiger partial charge >= 0.3 is 0 Å². The van der Waals surface area contributed by atoms with Gasteiger partial charge in [0, 0.05) is 11.3 Å². The molecule has 0 aromatic carbocycles. The van der Waals surface area contributed by atoms with Gasteiger partial charge in [-0.1, -0.05) is 6.92 Å². The Morgan fingerprint density at radius 1 is 1.27 bits per heavy atom. The molecular weight excluding hydrogens is 416 g/mol. The molecule has 5 atom stereocenters. The third-order valence-corrected chi connectivity index (χ3v) is 7.69. The maximum atomic E-state index is 10.2. The van der Waals surface area contributed by atoms with Crippen LogP contribution in [0.15, 0.2) is 15.9 Å². The topological polar surface area (TPSA) is 114 Å². The third-order valence-electron chi connectivity index (χ3n) is 6.02. The van der Waals surface area contributed by atoms with Crippen LogP contribution in [0.5, 0.6) is 0 Å². The molecule has 3 fully saturated rings. The van der Waals surface area contributed by atoms with E-state index in [4.69, 9.17) is 14.9 Å². The summed E-state index contributed by atoms with van der Waals surface area (Å²) in [5.74, 6) is -1.62. The zero-order valence-corrected chi connectivity index (χ0v) is 16.4. The number of nitrogens with one attached hydrogen (secondary N) is 1. The van der Waals surface area contributed by atoms with Crippen LogP contribution in [0, 0.1) is 62.1 Å². The number of ether oxygens (including phenoxy) is 2. The van der Waals surface area contributed by atoms with Crippen molar-refractivity contribution in [2.24, 2.45) is 22.7 Å². The minimum Gasteiger partial charge on any atom is -0.447 e. The average molecular weight is 431 g/mol. The molecule has 2 aliphatic heterocycles. The number of thiophene rings is 1. The van der Waals surface area contributed by atoms with Gasteiger partial charge in [0.2, 0.25) is 17.1 Å². The molecule has 26 heavy (non-hydrogen) atoms. The van der Waals surface area contributed by atoms with Crippen molar-refractivity contribution < 1.29 is 9.47 Å². The van der Waals surface area contributed by atoms with Gasteiger partial charge < -0.3 is 9.47 Å². The fourth-order valence-corrected chi connectivity index (χ4v) is 6.27. The molecule has 0 spiro atoms. The van der Waals surface area contributed by atoms with Crippen LogP contribution in [0.2, 0.25) is 0 Å². The first kappa shape index (κ1) is 17.5. The fourth-order valence-electron chi connectivity index (χ4n) is 4.75. The number of nitrogens with zero attached hydrogens (tertiary/aromatic N) is 3. The van der Waals surface area contributed by atoms with Crippen molar-refractivity contribution in [1.82, 2.24) is 0 Å². The van der Waals surface area contributed by atoms with E-state index in [2.05, 4.69) is 41.1 Å². The van der Waals surface area contributed by atoms with Crippen molar-refractivity contribution in [3.63, 3.8) is 0 Å². The molecule has 132 valence electrons. The zero-order chi connectivity index (χ0) is 18.7. The maximum absolute atomic E-state index is 10.2. The van der Waals surface area contributed by atoms with Gasteiger partial charge in [-0.3, -0.25) is 5.41 Å². The Morgan fingerprint density at radius 3 is 2.58 bits per heavy atom. The van der Waals surface area contributed by atoms with Gasteiger partial charge in [0.1, 0.15) is 6.10 Å². The largest absolute Gasteiger partial charge is 0.447 e. The number of rotatable bonds is 1. The first-order valence-corrected chi connectivity index (χ1v) is 9.95. The summed E-state index contributed by atoms with van der Waals surface area (Å²) in [4.78, 5) is 0.675. The predicted molar refractivity (Wildman–Crippen MR) is 95.6 cm³/mol. The molecule has 8 heteroatoms. The lowest BCUT2D eigenvalue weighted by Gasteiger charge is -2.52. The Labute approximate surface area is 163 Å². The molecule has 1 saturated carbocycles. The van der Waals surface area contributed by atoms with Crippen LogP contribution in [0.4, 0.5) is 0 Å². The molecule has 2 bridgehead atoms. The van der Waals surface area contributed by atoms with Crippen LogP contribution in [0.25, 0.3) is 0 Å². The van der Waals surface area contributed by atoms with Gasteiger partial charge in [-0.25, -0.2) is 0 Å². The zero-order valence-electron chi connectivity index (χ0n) is 14.0. The van der Waals surface area contributed by atoms with Crippen LogP contribution < -0.4 is 0 Å². The van der Waals surface area contributed by atoms with Gasteiger partial charge in [0.05, 0.1) is 27.9 Å². The number of nitriles is 3. The Morgan fingerprint density at radius 2 is 2.00 bits per heavy atom. The van der Waals surface area contributed by atoms with E-state index in [1.54, 1.807) is 6.07 Å². The molecule has 1 aromatic rings. The highest BCUT2D eigenvalue weighted by molar-refractivity contribution is 9.11. The van der Waals surface area contributed by atoms with E-state index >= 15 is 0 Å². The van der Waals surface area contributed by atoms with Gasteiger partial charge in [-0.15, -0.1) is 11.3 Å². The van der Waals surface area contributed by atoms with Gasteiger partial charge in [-0.2, -0.15) is 15.8 Å². The van der Waals surface area contributed by atoms with E-state index in [1.165, 1.54) is 11.3 Å². The Hall–Kier alpha value is -1.92. The number of halogens is 1. The molecule has 3 aliphatic rings. The molecule has 2 saturated heterocycles. The number of hydrogen-bond donors (Lipinski definition) is 1. The van der Waals surface area contributed by atoms with Gasteiger partial charge in [0.25, 0.3) is 0 Å². The lowest BCUT2D eigenvalue weighted by molar-refractivity contribution is -0.297. The van der Waals surface area contributed by atoms with Crippen LogP contribution in [0.1, 0.15) is 37.2 Å². The van der Waals surface area contributed by atoms with E-state index < -0.39 is 28.6 Å².